The van der Waals surface area contributed by atoms with E-state index in [2.05, 4.69) is 16.2 Å². The van der Waals surface area contributed by atoms with Crippen LogP contribution in [0.3, 0.4) is 0 Å². The summed E-state index contributed by atoms with van der Waals surface area (Å²) in [5.74, 6) is -1.26. The first kappa shape index (κ1) is 21.0. The summed E-state index contributed by atoms with van der Waals surface area (Å²) in [5, 5.41) is 13.3. The molecule has 3 amide bonds. The molecule has 11 heteroatoms. The highest BCUT2D eigenvalue weighted by Gasteiger charge is 2.23. The van der Waals surface area contributed by atoms with Crippen LogP contribution in [0.1, 0.15) is 27.3 Å². The van der Waals surface area contributed by atoms with Gasteiger partial charge in [0, 0.05) is 17.7 Å². The summed E-state index contributed by atoms with van der Waals surface area (Å²) in [4.78, 5) is 46.8. The van der Waals surface area contributed by atoms with Crippen LogP contribution < -0.4 is 16.2 Å². The molecule has 2 rings (SSSR count). The lowest BCUT2D eigenvalue weighted by molar-refractivity contribution is -0.384. The van der Waals surface area contributed by atoms with Gasteiger partial charge in [-0.1, -0.05) is 6.07 Å². The third-order valence-corrected chi connectivity index (χ3v) is 4.24. The molecule has 0 spiro atoms. The summed E-state index contributed by atoms with van der Waals surface area (Å²) in [5.41, 5.74) is 4.17. The number of carbonyl (C=O) groups excluding carboxylic acids is 3. The van der Waals surface area contributed by atoms with E-state index in [-0.39, 0.29) is 17.0 Å². The summed E-state index contributed by atoms with van der Waals surface area (Å²) >= 11 is 1.49. The van der Waals surface area contributed by atoms with Gasteiger partial charge < -0.3 is 9.73 Å². The molecule has 3 N–H and O–H groups in total. The molecule has 0 aliphatic rings. The lowest BCUT2D eigenvalue weighted by Crippen LogP contribution is -2.52. The Hall–Kier alpha value is -3.34. The fourth-order valence-electron chi connectivity index (χ4n) is 2.18. The number of furan rings is 1. The summed E-state index contributed by atoms with van der Waals surface area (Å²) < 4.78 is 4.99. The Morgan fingerprint density at radius 3 is 2.61 bits per heavy atom. The first-order valence-electron chi connectivity index (χ1n) is 8.10. The summed E-state index contributed by atoms with van der Waals surface area (Å²) in [6, 6.07) is 7.17. The van der Waals surface area contributed by atoms with E-state index >= 15 is 0 Å². The van der Waals surface area contributed by atoms with Crippen molar-refractivity contribution in [2.45, 2.75) is 12.5 Å². The highest BCUT2D eigenvalue weighted by atomic mass is 32.2. The van der Waals surface area contributed by atoms with Crippen molar-refractivity contribution in [3.63, 3.8) is 0 Å². The summed E-state index contributed by atoms with van der Waals surface area (Å²) in [6.45, 7) is 0. The van der Waals surface area contributed by atoms with Crippen LogP contribution in [0.4, 0.5) is 5.69 Å². The molecule has 0 aliphatic heterocycles. The van der Waals surface area contributed by atoms with Gasteiger partial charge in [0.05, 0.1) is 11.2 Å². The maximum Gasteiger partial charge on any atom is 0.287 e. The predicted octanol–water partition coefficient (Wildman–Crippen LogP) is 1.50. The highest BCUT2D eigenvalue weighted by Crippen LogP contribution is 2.12. The molecule has 28 heavy (non-hydrogen) atoms. The van der Waals surface area contributed by atoms with E-state index in [0.717, 1.165) is 6.07 Å². The number of hydrazine groups is 1. The largest absolute Gasteiger partial charge is 0.459 e. The second-order valence-electron chi connectivity index (χ2n) is 5.54. The van der Waals surface area contributed by atoms with Gasteiger partial charge in [-0.15, -0.1) is 0 Å². The van der Waals surface area contributed by atoms with E-state index in [1.54, 1.807) is 6.07 Å². The van der Waals surface area contributed by atoms with Crippen molar-refractivity contribution in [2.75, 3.05) is 12.0 Å². The van der Waals surface area contributed by atoms with Crippen molar-refractivity contribution in [1.82, 2.24) is 16.2 Å². The van der Waals surface area contributed by atoms with Gasteiger partial charge in [0.15, 0.2) is 5.76 Å². The number of hydrogen-bond acceptors (Lipinski definition) is 7. The lowest BCUT2D eigenvalue weighted by Gasteiger charge is -2.17. The van der Waals surface area contributed by atoms with Gasteiger partial charge in [-0.05, 0) is 36.6 Å². The number of nitrogens with zero attached hydrogens (tertiary/aromatic N) is 1. The van der Waals surface area contributed by atoms with Gasteiger partial charge in [-0.25, -0.2) is 0 Å². The number of non-ortho nitro benzene ring substituents is 1. The van der Waals surface area contributed by atoms with E-state index in [9.17, 15) is 24.5 Å². The van der Waals surface area contributed by atoms with Crippen LogP contribution in [-0.2, 0) is 4.79 Å². The molecule has 148 valence electrons. The Balaban J connectivity index is 1.98. The minimum Gasteiger partial charge on any atom is -0.459 e. The normalized spacial score (nSPS) is 11.3. The first-order chi connectivity index (χ1) is 13.4. The van der Waals surface area contributed by atoms with Crippen molar-refractivity contribution in [3.05, 3.63) is 64.1 Å². The number of nitro groups is 1. The SMILES string of the molecule is CSCCC(NC(=O)c1ccco1)C(=O)NNC(=O)c1cccc([N+](=O)[O-])c1. The van der Waals surface area contributed by atoms with Gasteiger partial charge in [0.25, 0.3) is 23.4 Å². The highest BCUT2D eigenvalue weighted by molar-refractivity contribution is 7.98. The lowest BCUT2D eigenvalue weighted by atomic mass is 10.2. The molecule has 0 aliphatic carbocycles. The van der Waals surface area contributed by atoms with Crippen molar-refractivity contribution >= 4 is 35.2 Å². The number of amides is 3. The van der Waals surface area contributed by atoms with Gasteiger partial charge in [-0.2, -0.15) is 11.8 Å². The van der Waals surface area contributed by atoms with Crippen LogP contribution >= 0.6 is 11.8 Å². The average Bonchev–Trinajstić information content (AvgIpc) is 3.24. The predicted molar refractivity (Wildman–Crippen MR) is 102 cm³/mol. The monoisotopic (exact) mass is 406 g/mol. The van der Waals surface area contributed by atoms with Gasteiger partial charge >= 0.3 is 0 Å². The fourth-order valence-corrected chi connectivity index (χ4v) is 2.65. The van der Waals surface area contributed by atoms with Crippen LogP contribution in [0.25, 0.3) is 0 Å². The van der Waals surface area contributed by atoms with Crippen molar-refractivity contribution in [2.24, 2.45) is 0 Å². The number of benzene rings is 1. The molecule has 10 nitrogen and oxygen atoms in total. The van der Waals surface area contributed by atoms with E-state index in [4.69, 9.17) is 4.42 Å². The van der Waals surface area contributed by atoms with Crippen LogP contribution in [0.5, 0.6) is 0 Å². The van der Waals surface area contributed by atoms with Gasteiger partial charge in [-0.3, -0.25) is 35.3 Å². The Morgan fingerprint density at radius 2 is 1.96 bits per heavy atom. The maximum atomic E-state index is 12.4. The van der Waals surface area contributed by atoms with E-state index in [1.807, 2.05) is 6.26 Å². The minimum absolute atomic E-state index is 0.00906. The minimum atomic E-state index is -0.907. The Morgan fingerprint density at radius 1 is 1.18 bits per heavy atom. The Bertz CT molecular complexity index is 855. The quantitative estimate of drug-likeness (QED) is 0.445. The first-order valence-corrected chi connectivity index (χ1v) is 9.49. The molecule has 1 aromatic carbocycles. The number of nitrogens with one attached hydrogen (secondary N) is 3. The zero-order valence-electron chi connectivity index (χ0n) is 14.8. The zero-order chi connectivity index (χ0) is 20.5. The number of nitro benzene ring substituents is 1. The second kappa shape index (κ2) is 10.1. The molecule has 1 unspecified atom stereocenters. The molecular formula is C17H18N4O6S. The van der Waals surface area contributed by atoms with Crippen LogP contribution in [-0.4, -0.2) is 40.7 Å². The standard InChI is InChI=1S/C17H18N4O6S/c1-28-9-7-13(18-17(24)14-6-3-8-27-14)16(23)20-19-15(22)11-4-2-5-12(10-11)21(25)26/h2-6,8,10,13H,7,9H2,1H3,(H,18,24)(H,19,22)(H,20,23). The molecular weight excluding hydrogens is 388 g/mol. The topological polar surface area (TPSA) is 144 Å². The van der Waals surface area contributed by atoms with Crippen LogP contribution in [0.15, 0.2) is 47.1 Å². The molecule has 2 aromatic rings. The smallest absolute Gasteiger partial charge is 0.287 e. The Kier molecular flexibility index (Phi) is 7.57. The Labute approximate surface area is 164 Å². The molecule has 1 atom stereocenters. The summed E-state index contributed by atoms with van der Waals surface area (Å²) in [7, 11) is 0. The van der Waals surface area contributed by atoms with E-state index in [1.165, 1.54) is 42.3 Å². The fraction of sp³-hybridized carbons (Fsp3) is 0.235. The van der Waals surface area contributed by atoms with Crippen molar-refractivity contribution < 1.29 is 23.7 Å². The number of carbonyl (C=O) groups is 3. The third-order valence-electron chi connectivity index (χ3n) is 3.60. The molecule has 0 bridgehead atoms. The van der Waals surface area contributed by atoms with Crippen LogP contribution in [0.2, 0.25) is 0 Å². The maximum absolute atomic E-state index is 12.4. The molecule has 1 aromatic heterocycles. The molecule has 0 saturated carbocycles. The van der Waals surface area contributed by atoms with Gasteiger partial charge in [0.2, 0.25) is 0 Å². The van der Waals surface area contributed by atoms with Crippen molar-refractivity contribution in [3.8, 4) is 0 Å². The van der Waals surface area contributed by atoms with Crippen molar-refractivity contribution in [1.29, 1.82) is 0 Å². The van der Waals surface area contributed by atoms with E-state index < -0.39 is 28.7 Å². The van der Waals surface area contributed by atoms with Crippen LogP contribution in [0, 0.1) is 10.1 Å². The number of thioether (sulfide) groups is 1. The molecule has 1 heterocycles. The van der Waals surface area contributed by atoms with E-state index in [0.29, 0.717) is 12.2 Å². The molecule has 0 radical (unpaired) electrons. The summed E-state index contributed by atoms with van der Waals surface area (Å²) in [6.07, 6.45) is 3.52. The third kappa shape index (κ3) is 5.84. The number of hydrogen-bond donors (Lipinski definition) is 3. The average molecular weight is 406 g/mol. The van der Waals surface area contributed by atoms with Gasteiger partial charge in [0.1, 0.15) is 6.04 Å². The molecule has 0 fully saturated rings. The second-order valence-corrected chi connectivity index (χ2v) is 6.52. The molecule has 0 saturated heterocycles. The zero-order valence-corrected chi connectivity index (χ0v) is 15.7. The number of rotatable bonds is 8.